The summed E-state index contributed by atoms with van der Waals surface area (Å²) in [4.78, 5) is 50.6. The van der Waals surface area contributed by atoms with Crippen molar-refractivity contribution in [3.63, 3.8) is 0 Å². The maximum absolute atomic E-state index is 14.7. The molecule has 0 aliphatic heterocycles. The molecule has 47 heavy (non-hydrogen) atoms. The Morgan fingerprint density at radius 3 is 2.28 bits per heavy atom. The van der Waals surface area contributed by atoms with Crippen LogP contribution in [0.5, 0.6) is 0 Å². The van der Waals surface area contributed by atoms with Crippen LogP contribution in [0.1, 0.15) is 67.0 Å². The number of imidazole rings is 1. The molecule has 0 saturated heterocycles. The van der Waals surface area contributed by atoms with Gasteiger partial charge in [-0.3, -0.25) is 9.59 Å². The van der Waals surface area contributed by atoms with E-state index in [1.54, 1.807) is 17.4 Å². The van der Waals surface area contributed by atoms with E-state index in [1.807, 2.05) is 86.6 Å². The number of carbonyl (C=O) groups excluding carboxylic acids is 3. The van der Waals surface area contributed by atoms with Gasteiger partial charge >= 0.3 is 6.09 Å². The van der Waals surface area contributed by atoms with Gasteiger partial charge in [0.05, 0.1) is 12.2 Å². The molecule has 0 spiro atoms. The molecular weight excluding hydrogens is 590 g/mol. The van der Waals surface area contributed by atoms with Gasteiger partial charge in [-0.15, -0.1) is 0 Å². The topological polar surface area (TPSA) is 116 Å². The Labute approximate surface area is 278 Å². The first-order chi connectivity index (χ1) is 22.9. The van der Waals surface area contributed by atoms with Crippen LogP contribution < -0.4 is 10.6 Å². The fourth-order valence-electron chi connectivity index (χ4n) is 5.79. The molecule has 3 atom stereocenters. The number of amides is 3. The fraction of sp³-hybridized carbons (Fsp3) is 0.368. The number of nitrogens with one attached hydrogen (secondary N) is 3. The summed E-state index contributed by atoms with van der Waals surface area (Å²) in [5.41, 5.74) is 4.58. The third-order valence-corrected chi connectivity index (χ3v) is 8.33. The molecule has 0 aliphatic carbocycles. The van der Waals surface area contributed by atoms with Crippen molar-refractivity contribution in [2.24, 2.45) is 5.92 Å². The highest BCUT2D eigenvalue weighted by molar-refractivity contribution is 5.87. The first-order valence-corrected chi connectivity index (χ1v) is 16.5. The Hall–Kier alpha value is -4.92. The molecule has 0 saturated carbocycles. The third-order valence-electron chi connectivity index (χ3n) is 8.33. The Bertz CT molecular complexity index is 1530. The van der Waals surface area contributed by atoms with Gasteiger partial charge in [0.15, 0.2) is 0 Å². The minimum atomic E-state index is -0.969. The van der Waals surface area contributed by atoms with E-state index in [2.05, 4.69) is 39.7 Å². The lowest BCUT2D eigenvalue weighted by Crippen LogP contribution is -2.52. The van der Waals surface area contributed by atoms with Crippen molar-refractivity contribution in [3.05, 3.63) is 125 Å². The van der Waals surface area contributed by atoms with Gasteiger partial charge in [-0.05, 0) is 47.9 Å². The molecule has 4 aromatic rings. The molecule has 248 valence electrons. The van der Waals surface area contributed by atoms with Crippen LogP contribution in [0, 0.1) is 12.8 Å². The van der Waals surface area contributed by atoms with Gasteiger partial charge in [0, 0.05) is 37.9 Å². The second-order valence-electron chi connectivity index (χ2n) is 11.9. The zero-order valence-electron chi connectivity index (χ0n) is 27.7. The lowest BCUT2D eigenvalue weighted by Gasteiger charge is -2.34. The van der Waals surface area contributed by atoms with Gasteiger partial charge in [-0.2, -0.15) is 0 Å². The summed E-state index contributed by atoms with van der Waals surface area (Å²) < 4.78 is 5.53. The highest BCUT2D eigenvalue weighted by atomic mass is 16.5. The first-order valence-electron chi connectivity index (χ1n) is 16.5. The maximum Gasteiger partial charge on any atom is 0.408 e. The summed E-state index contributed by atoms with van der Waals surface area (Å²) in [5, 5.41) is 5.94. The van der Waals surface area contributed by atoms with Crippen molar-refractivity contribution in [1.29, 1.82) is 0 Å². The van der Waals surface area contributed by atoms with E-state index in [-0.39, 0.29) is 43.8 Å². The summed E-state index contributed by atoms with van der Waals surface area (Å²) in [5.74, 6) is -1.03. The van der Waals surface area contributed by atoms with E-state index in [0.717, 1.165) is 41.5 Å². The molecule has 1 aromatic heterocycles. The minimum absolute atomic E-state index is 0.0695. The summed E-state index contributed by atoms with van der Waals surface area (Å²) in [6.45, 7) is 7.20. The zero-order chi connectivity index (χ0) is 33.4. The molecule has 0 aliphatic rings. The average Bonchev–Trinajstić information content (AvgIpc) is 3.61. The quantitative estimate of drug-likeness (QED) is 0.126. The number of H-pyrrole nitrogens is 1. The van der Waals surface area contributed by atoms with Crippen molar-refractivity contribution in [3.8, 4) is 0 Å². The van der Waals surface area contributed by atoms with E-state index in [4.69, 9.17) is 4.74 Å². The number of alkyl carbamates (subject to hydrolysis) is 1. The van der Waals surface area contributed by atoms with Crippen LogP contribution in [0.25, 0.3) is 0 Å². The highest BCUT2D eigenvalue weighted by Gasteiger charge is 2.35. The van der Waals surface area contributed by atoms with Crippen molar-refractivity contribution in [1.82, 2.24) is 25.5 Å². The number of rotatable bonds is 17. The Kier molecular flexibility index (Phi) is 13.6. The molecular formula is C38H47N5O4. The summed E-state index contributed by atoms with van der Waals surface area (Å²) >= 11 is 0. The summed E-state index contributed by atoms with van der Waals surface area (Å²) in [6.07, 6.45) is 5.11. The second kappa shape index (κ2) is 18.3. The Balaban J connectivity index is 1.68. The largest absolute Gasteiger partial charge is 0.445 e. The molecule has 0 fully saturated rings. The standard InChI is InChI=1S/C38H47N5O4/c1-4-14-33(30-18-10-7-11-19-30)34(36(44)40-21-5-2)25-43(24-31-20-13-12-15-28(31)3)37(45)35(22-32-23-39-27-41-32)42-38(46)47-26-29-16-8-6-9-17-29/h6-13,15-20,23,27,33-35H,4-5,14,21-22,24-26H2,1-3H3,(H,39,41)(H,40,44)(H,42,46). The number of hydrogen-bond donors (Lipinski definition) is 3. The van der Waals surface area contributed by atoms with Gasteiger partial charge in [-0.1, -0.05) is 105 Å². The van der Waals surface area contributed by atoms with Gasteiger partial charge in [0.2, 0.25) is 11.8 Å². The van der Waals surface area contributed by atoms with Crippen LogP contribution in [0.4, 0.5) is 4.79 Å². The van der Waals surface area contributed by atoms with Gasteiger partial charge in [0.25, 0.3) is 0 Å². The minimum Gasteiger partial charge on any atom is -0.445 e. The van der Waals surface area contributed by atoms with Crippen molar-refractivity contribution < 1.29 is 19.1 Å². The number of hydrogen-bond acceptors (Lipinski definition) is 5. The highest BCUT2D eigenvalue weighted by Crippen LogP contribution is 2.31. The van der Waals surface area contributed by atoms with Gasteiger partial charge in [0.1, 0.15) is 12.6 Å². The van der Waals surface area contributed by atoms with Crippen LogP contribution in [0.2, 0.25) is 0 Å². The molecule has 0 bridgehead atoms. The lowest BCUT2D eigenvalue weighted by molar-refractivity contribution is -0.136. The van der Waals surface area contributed by atoms with Crippen LogP contribution >= 0.6 is 0 Å². The number of aromatic nitrogens is 2. The van der Waals surface area contributed by atoms with E-state index in [9.17, 15) is 14.4 Å². The number of carbonyl (C=O) groups is 3. The van der Waals surface area contributed by atoms with Gasteiger partial charge < -0.3 is 25.3 Å². The number of ether oxygens (including phenoxy) is 1. The van der Waals surface area contributed by atoms with E-state index in [1.165, 1.54) is 0 Å². The Morgan fingerprint density at radius 2 is 1.62 bits per heavy atom. The van der Waals surface area contributed by atoms with Crippen LogP contribution in [0.3, 0.4) is 0 Å². The monoisotopic (exact) mass is 637 g/mol. The number of aryl methyl sites for hydroxylation is 1. The van der Waals surface area contributed by atoms with Crippen molar-refractivity contribution >= 4 is 17.9 Å². The van der Waals surface area contributed by atoms with Gasteiger partial charge in [-0.25, -0.2) is 9.78 Å². The fourth-order valence-corrected chi connectivity index (χ4v) is 5.79. The molecule has 4 rings (SSSR count). The molecule has 3 amide bonds. The molecule has 1 heterocycles. The molecule has 9 heteroatoms. The van der Waals surface area contributed by atoms with Crippen molar-refractivity contribution in [2.45, 2.75) is 71.6 Å². The molecule has 9 nitrogen and oxygen atoms in total. The van der Waals surface area contributed by atoms with E-state index >= 15 is 0 Å². The molecule has 0 radical (unpaired) electrons. The number of benzene rings is 3. The summed E-state index contributed by atoms with van der Waals surface area (Å²) in [7, 11) is 0. The SMILES string of the molecule is CCCNC(=O)C(CN(Cc1ccccc1C)C(=O)C(Cc1cnc[nH]1)NC(=O)OCc1ccccc1)C(CCC)c1ccccc1. The first kappa shape index (κ1) is 34.9. The molecule has 3 N–H and O–H groups in total. The number of aromatic amines is 1. The third kappa shape index (κ3) is 10.6. The molecule has 3 aromatic carbocycles. The maximum atomic E-state index is 14.7. The predicted octanol–water partition coefficient (Wildman–Crippen LogP) is 6.31. The smallest absolute Gasteiger partial charge is 0.408 e. The Morgan fingerprint density at radius 1 is 0.915 bits per heavy atom. The lowest BCUT2D eigenvalue weighted by atomic mass is 9.81. The predicted molar refractivity (Wildman–Crippen MR) is 183 cm³/mol. The normalized spacial score (nSPS) is 12.8. The number of nitrogens with zero attached hydrogens (tertiary/aromatic N) is 2. The average molecular weight is 638 g/mol. The van der Waals surface area contributed by atoms with Crippen LogP contribution in [0.15, 0.2) is 97.5 Å². The second-order valence-corrected chi connectivity index (χ2v) is 11.9. The van der Waals surface area contributed by atoms with Crippen molar-refractivity contribution in [2.75, 3.05) is 13.1 Å². The molecule has 3 unspecified atom stereocenters. The van der Waals surface area contributed by atoms with E-state index < -0.39 is 18.1 Å². The van der Waals surface area contributed by atoms with Crippen LogP contribution in [-0.2, 0) is 33.9 Å². The van der Waals surface area contributed by atoms with Crippen LogP contribution in [-0.4, -0.2) is 51.9 Å². The zero-order valence-corrected chi connectivity index (χ0v) is 27.7. The summed E-state index contributed by atoms with van der Waals surface area (Å²) in [6, 6.07) is 26.4. The van der Waals surface area contributed by atoms with E-state index in [0.29, 0.717) is 12.2 Å².